The zero-order valence-electron chi connectivity index (χ0n) is 10.9. The Morgan fingerprint density at radius 3 is 2.18 bits per heavy atom. The van der Waals surface area contributed by atoms with Crippen molar-refractivity contribution in [1.82, 2.24) is 10.2 Å². The first-order chi connectivity index (χ1) is 7.67. The van der Waals surface area contributed by atoms with Gasteiger partial charge in [0.2, 0.25) is 0 Å². The van der Waals surface area contributed by atoms with Crippen LogP contribution in [0.2, 0.25) is 0 Å². The van der Waals surface area contributed by atoms with Crippen LogP contribution in [-0.2, 0) is 0 Å². The molecular weight excluding hydrogens is 229 g/mol. The lowest BCUT2D eigenvalue weighted by molar-refractivity contribution is -0.147. The van der Waals surface area contributed by atoms with E-state index in [1.807, 2.05) is 0 Å². The molecule has 0 aromatic carbocycles. The van der Waals surface area contributed by atoms with E-state index in [1.54, 1.807) is 4.90 Å². The molecule has 0 radical (unpaired) electrons. The van der Waals surface area contributed by atoms with Gasteiger partial charge < -0.3 is 5.32 Å². The Labute approximate surface area is 102 Å². The van der Waals surface area contributed by atoms with E-state index < -0.39 is 12.7 Å². The summed E-state index contributed by atoms with van der Waals surface area (Å²) >= 11 is 0. The Hall–Kier alpha value is -0.290. The lowest BCUT2D eigenvalue weighted by atomic mass is 10.1. The molecule has 0 saturated heterocycles. The average molecular weight is 252 g/mol. The number of rotatable bonds is 6. The number of nitrogens with one attached hydrogen (secondary N) is 1. The van der Waals surface area contributed by atoms with E-state index in [2.05, 4.69) is 26.1 Å². The second-order valence-corrected chi connectivity index (χ2v) is 5.85. The number of alkyl halides is 3. The fourth-order valence-corrected chi connectivity index (χ4v) is 1.81. The highest BCUT2D eigenvalue weighted by Gasteiger charge is 2.37. The van der Waals surface area contributed by atoms with Crippen LogP contribution in [0.4, 0.5) is 13.2 Å². The molecule has 0 atom stereocenters. The molecule has 1 N–H and O–H groups in total. The van der Waals surface area contributed by atoms with Crippen molar-refractivity contribution in [3.63, 3.8) is 0 Å². The lowest BCUT2D eigenvalue weighted by Crippen LogP contribution is -2.40. The summed E-state index contributed by atoms with van der Waals surface area (Å²) in [6.45, 7) is 6.72. The quantitative estimate of drug-likeness (QED) is 0.731. The largest absolute Gasteiger partial charge is 0.401 e. The molecule has 0 aliphatic heterocycles. The van der Waals surface area contributed by atoms with Crippen molar-refractivity contribution in [2.75, 3.05) is 19.6 Å². The Kier molecular flexibility index (Phi) is 4.84. The summed E-state index contributed by atoms with van der Waals surface area (Å²) in [4.78, 5) is 1.57. The summed E-state index contributed by atoms with van der Waals surface area (Å²) in [5, 5.41) is 3.29. The van der Waals surface area contributed by atoms with Crippen molar-refractivity contribution in [3.05, 3.63) is 0 Å². The summed E-state index contributed by atoms with van der Waals surface area (Å²) in [5.41, 5.74) is 0.0361. The Morgan fingerprint density at radius 2 is 1.76 bits per heavy atom. The summed E-state index contributed by atoms with van der Waals surface area (Å²) < 4.78 is 37.0. The van der Waals surface area contributed by atoms with Gasteiger partial charge in [0.15, 0.2) is 0 Å². The number of halogens is 3. The highest BCUT2D eigenvalue weighted by molar-refractivity contribution is 4.85. The molecule has 0 heterocycles. The molecule has 0 unspecified atom stereocenters. The molecule has 0 spiro atoms. The van der Waals surface area contributed by atoms with Crippen molar-refractivity contribution in [2.45, 2.75) is 57.8 Å². The van der Waals surface area contributed by atoms with Crippen LogP contribution in [0, 0.1) is 0 Å². The minimum Gasteiger partial charge on any atom is -0.312 e. The smallest absolute Gasteiger partial charge is 0.312 e. The van der Waals surface area contributed by atoms with Gasteiger partial charge in [-0.15, -0.1) is 0 Å². The standard InChI is InChI=1S/C12H23F3N2/c1-11(2,3)16-7-4-8-17(10-5-6-10)9-12(13,14)15/h10,16H,4-9H2,1-3H3. The third-order valence-corrected chi connectivity index (χ3v) is 2.72. The molecule has 2 nitrogen and oxygen atoms in total. The predicted octanol–water partition coefficient (Wildman–Crippen LogP) is 2.79. The highest BCUT2D eigenvalue weighted by Crippen LogP contribution is 2.29. The van der Waals surface area contributed by atoms with E-state index in [0.717, 1.165) is 25.8 Å². The van der Waals surface area contributed by atoms with E-state index in [1.165, 1.54) is 0 Å². The van der Waals surface area contributed by atoms with Crippen molar-refractivity contribution in [3.8, 4) is 0 Å². The van der Waals surface area contributed by atoms with Crippen LogP contribution in [0.15, 0.2) is 0 Å². The van der Waals surface area contributed by atoms with E-state index in [-0.39, 0.29) is 11.6 Å². The van der Waals surface area contributed by atoms with Gasteiger partial charge in [-0.3, -0.25) is 4.90 Å². The van der Waals surface area contributed by atoms with Crippen molar-refractivity contribution in [2.24, 2.45) is 0 Å². The van der Waals surface area contributed by atoms with Gasteiger partial charge in [-0.1, -0.05) is 0 Å². The molecule has 17 heavy (non-hydrogen) atoms. The monoisotopic (exact) mass is 252 g/mol. The summed E-state index contributed by atoms with van der Waals surface area (Å²) in [6, 6.07) is 0.172. The van der Waals surface area contributed by atoms with Gasteiger partial charge in [-0.05, 0) is 53.1 Å². The number of hydrogen-bond acceptors (Lipinski definition) is 2. The zero-order valence-corrected chi connectivity index (χ0v) is 10.9. The van der Waals surface area contributed by atoms with Gasteiger partial charge in [0, 0.05) is 11.6 Å². The van der Waals surface area contributed by atoms with Crippen molar-refractivity contribution in [1.29, 1.82) is 0 Å². The molecular formula is C12H23F3N2. The highest BCUT2D eigenvalue weighted by atomic mass is 19.4. The molecule has 1 aliphatic rings. The molecule has 0 amide bonds. The molecule has 0 bridgehead atoms. The van der Waals surface area contributed by atoms with E-state index in [4.69, 9.17) is 0 Å². The third-order valence-electron chi connectivity index (χ3n) is 2.72. The van der Waals surface area contributed by atoms with Gasteiger partial charge >= 0.3 is 6.18 Å². The Balaban J connectivity index is 2.21. The van der Waals surface area contributed by atoms with Gasteiger partial charge in [-0.2, -0.15) is 13.2 Å². The summed E-state index contributed by atoms with van der Waals surface area (Å²) in [6.07, 6.45) is -1.46. The first-order valence-corrected chi connectivity index (χ1v) is 6.23. The number of hydrogen-bond donors (Lipinski definition) is 1. The van der Waals surface area contributed by atoms with Crippen LogP contribution < -0.4 is 5.32 Å². The van der Waals surface area contributed by atoms with E-state index >= 15 is 0 Å². The maximum absolute atomic E-state index is 12.3. The van der Waals surface area contributed by atoms with Gasteiger partial charge in [-0.25, -0.2) is 0 Å². The van der Waals surface area contributed by atoms with Crippen LogP contribution in [-0.4, -0.2) is 42.3 Å². The SMILES string of the molecule is CC(C)(C)NCCCN(CC(F)(F)F)C1CC1. The minimum atomic E-state index is -4.07. The van der Waals surface area contributed by atoms with Crippen LogP contribution in [0.1, 0.15) is 40.0 Å². The van der Waals surface area contributed by atoms with Crippen LogP contribution in [0.3, 0.4) is 0 Å². The predicted molar refractivity (Wildman–Crippen MR) is 63.0 cm³/mol. The van der Waals surface area contributed by atoms with Crippen LogP contribution in [0.25, 0.3) is 0 Å². The second-order valence-electron chi connectivity index (χ2n) is 5.85. The average Bonchev–Trinajstić information content (AvgIpc) is 2.89. The number of nitrogens with zero attached hydrogens (tertiary/aromatic N) is 1. The van der Waals surface area contributed by atoms with E-state index in [0.29, 0.717) is 6.54 Å². The lowest BCUT2D eigenvalue weighted by Gasteiger charge is -2.25. The molecule has 0 aromatic rings. The normalized spacial score (nSPS) is 17.8. The van der Waals surface area contributed by atoms with Gasteiger partial charge in [0.1, 0.15) is 0 Å². The summed E-state index contributed by atoms with van der Waals surface area (Å²) in [5.74, 6) is 0. The maximum Gasteiger partial charge on any atom is 0.401 e. The molecule has 0 aromatic heterocycles. The molecule has 1 rings (SSSR count). The topological polar surface area (TPSA) is 15.3 Å². The Morgan fingerprint density at radius 1 is 1.18 bits per heavy atom. The molecule has 5 heteroatoms. The molecule has 1 aliphatic carbocycles. The molecule has 1 saturated carbocycles. The zero-order chi connectivity index (χ0) is 13.1. The Bertz CT molecular complexity index is 229. The fraction of sp³-hybridized carbons (Fsp3) is 1.00. The third kappa shape index (κ3) is 7.60. The van der Waals surface area contributed by atoms with Gasteiger partial charge in [0.25, 0.3) is 0 Å². The maximum atomic E-state index is 12.3. The van der Waals surface area contributed by atoms with E-state index in [9.17, 15) is 13.2 Å². The summed E-state index contributed by atoms with van der Waals surface area (Å²) in [7, 11) is 0. The fourth-order valence-electron chi connectivity index (χ4n) is 1.81. The first kappa shape index (κ1) is 14.8. The molecule has 1 fully saturated rings. The molecule has 102 valence electrons. The van der Waals surface area contributed by atoms with Gasteiger partial charge in [0.05, 0.1) is 6.54 Å². The van der Waals surface area contributed by atoms with Crippen LogP contribution >= 0.6 is 0 Å². The second kappa shape index (κ2) is 5.57. The first-order valence-electron chi connectivity index (χ1n) is 6.23. The van der Waals surface area contributed by atoms with Crippen molar-refractivity contribution >= 4 is 0 Å². The van der Waals surface area contributed by atoms with Crippen molar-refractivity contribution < 1.29 is 13.2 Å². The van der Waals surface area contributed by atoms with Crippen LogP contribution in [0.5, 0.6) is 0 Å². The minimum absolute atomic E-state index is 0.0361.